The normalized spacial score (nSPS) is 21.9. The lowest BCUT2D eigenvalue weighted by atomic mass is 9.71. The third-order valence-corrected chi connectivity index (χ3v) is 9.81. The van der Waals surface area contributed by atoms with Crippen molar-refractivity contribution in [3.8, 4) is 5.75 Å². The number of hydrogen-bond donors (Lipinski definition) is 2. The van der Waals surface area contributed by atoms with E-state index >= 15 is 0 Å². The minimum atomic E-state index is -0.401. The zero-order valence-corrected chi connectivity index (χ0v) is 28.1. The molecule has 2 aromatic carbocycles. The SMILES string of the molecule is CC1(C)CCC(c2cc(C(=O)N3CCN(C(=O)c4cc(F)cc(N5CCNCC5)c4)CC3)ccc2O[C@H]2CCNC2)CC1.Cl.Cl. The molecular weight excluding hydrogens is 616 g/mol. The van der Waals surface area contributed by atoms with Gasteiger partial charge in [0, 0.05) is 75.7 Å². The molecule has 0 aromatic heterocycles. The number of halogens is 3. The summed E-state index contributed by atoms with van der Waals surface area (Å²) in [4.78, 5) is 32.8. The van der Waals surface area contributed by atoms with Gasteiger partial charge in [-0.1, -0.05) is 13.8 Å². The summed E-state index contributed by atoms with van der Waals surface area (Å²) in [5.41, 5.74) is 3.31. The highest BCUT2D eigenvalue weighted by molar-refractivity contribution is 5.97. The van der Waals surface area contributed by atoms with Crippen molar-refractivity contribution in [2.24, 2.45) is 5.41 Å². The summed E-state index contributed by atoms with van der Waals surface area (Å²) < 4.78 is 21.0. The Kier molecular flexibility index (Phi) is 12.0. The quantitative estimate of drug-likeness (QED) is 0.448. The van der Waals surface area contributed by atoms with Crippen LogP contribution in [0.2, 0.25) is 0 Å². The van der Waals surface area contributed by atoms with E-state index in [2.05, 4.69) is 35.4 Å². The van der Waals surface area contributed by atoms with Crippen LogP contribution < -0.4 is 20.3 Å². The van der Waals surface area contributed by atoms with Gasteiger partial charge in [-0.15, -0.1) is 24.8 Å². The minimum Gasteiger partial charge on any atom is -0.489 e. The Morgan fingerprint density at radius 2 is 1.44 bits per heavy atom. The Hall–Kier alpha value is -2.59. The van der Waals surface area contributed by atoms with Gasteiger partial charge in [-0.3, -0.25) is 9.59 Å². The second-order valence-corrected chi connectivity index (χ2v) is 13.4. The topological polar surface area (TPSA) is 77.2 Å². The number of carbonyl (C=O) groups is 2. The zero-order valence-electron chi connectivity index (χ0n) is 26.5. The standard InChI is InChI=1S/C34H46FN5O3.2ClH/c1-34(2)8-5-24(6-9-34)30-21-25(3-4-31(30)43-29-7-10-37-23-29)32(41)39-15-17-40(18-16-39)33(42)26-19-27(35)22-28(20-26)38-13-11-36-12-14-38;;/h3-4,19-22,24,29,36-37H,5-18,23H2,1-2H3;2*1H/t29-;;/m0../s1. The van der Waals surface area contributed by atoms with E-state index in [1.807, 2.05) is 17.0 Å². The molecule has 11 heteroatoms. The van der Waals surface area contributed by atoms with Gasteiger partial charge in [0.05, 0.1) is 0 Å². The maximum atomic E-state index is 14.5. The minimum absolute atomic E-state index is 0. The number of piperazine rings is 2. The molecule has 3 saturated heterocycles. The summed E-state index contributed by atoms with van der Waals surface area (Å²) in [5, 5.41) is 6.68. The molecule has 2 aromatic rings. The van der Waals surface area contributed by atoms with Gasteiger partial charge in [-0.2, -0.15) is 0 Å². The summed E-state index contributed by atoms with van der Waals surface area (Å²) >= 11 is 0. The predicted molar refractivity (Wildman–Crippen MR) is 181 cm³/mol. The average Bonchev–Trinajstić information content (AvgIpc) is 3.54. The van der Waals surface area contributed by atoms with Crippen LogP contribution in [0.25, 0.3) is 0 Å². The summed E-state index contributed by atoms with van der Waals surface area (Å²) in [6, 6.07) is 10.6. The molecule has 6 rings (SSSR count). The first-order valence-corrected chi connectivity index (χ1v) is 16.1. The fraction of sp³-hybridized carbons (Fsp3) is 0.588. The number of anilines is 1. The van der Waals surface area contributed by atoms with Crippen molar-refractivity contribution < 1.29 is 18.7 Å². The van der Waals surface area contributed by atoms with Crippen molar-refractivity contribution in [2.75, 3.05) is 70.3 Å². The smallest absolute Gasteiger partial charge is 0.254 e. The molecule has 45 heavy (non-hydrogen) atoms. The van der Waals surface area contributed by atoms with Crippen LogP contribution in [-0.2, 0) is 0 Å². The molecular formula is C34H48Cl2FN5O3. The van der Waals surface area contributed by atoms with Crippen molar-refractivity contribution in [1.29, 1.82) is 0 Å². The van der Waals surface area contributed by atoms with Crippen LogP contribution in [0.4, 0.5) is 10.1 Å². The third kappa shape index (κ3) is 8.42. The molecule has 0 unspecified atom stereocenters. The van der Waals surface area contributed by atoms with Gasteiger partial charge < -0.3 is 30.1 Å². The van der Waals surface area contributed by atoms with Crippen LogP contribution in [0.1, 0.15) is 78.1 Å². The predicted octanol–water partition coefficient (Wildman–Crippen LogP) is 5.10. The van der Waals surface area contributed by atoms with Crippen LogP contribution in [-0.4, -0.2) is 93.2 Å². The number of hydrogen-bond acceptors (Lipinski definition) is 6. The molecule has 0 spiro atoms. The lowest BCUT2D eigenvalue weighted by molar-refractivity contribution is 0.0535. The molecule has 1 atom stereocenters. The van der Waals surface area contributed by atoms with Gasteiger partial charge in [0.2, 0.25) is 0 Å². The third-order valence-electron chi connectivity index (χ3n) is 9.81. The summed E-state index contributed by atoms with van der Waals surface area (Å²) in [5.74, 6) is 0.707. The molecule has 1 aliphatic carbocycles. The number of ether oxygens (including phenoxy) is 1. The van der Waals surface area contributed by atoms with E-state index in [-0.39, 0.29) is 42.7 Å². The van der Waals surface area contributed by atoms with E-state index in [0.717, 1.165) is 88.4 Å². The monoisotopic (exact) mass is 663 g/mol. The highest BCUT2D eigenvalue weighted by Gasteiger charge is 2.32. The molecule has 248 valence electrons. The molecule has 2 N–H and O–H groups in total. The summed E-state index contributed by atoms with van der Waals surface area (Å²) in [6.45, 7) is 11.5. The van der Waals surface area contributed by atoms with E-state index in [9.17, 15) is 14.0 Å². The van der Waals surface area contributed by atoms with Crippen LogP contribution >= 0.6 is 24.8 Å². The second kappa shape index (κ2) is 15.3. The number of nitrogens with zero attached hydrogens (tertiary/aromatic N) is 3. The van der Waals surface area contributed by atoms with E-state index in [1.54, 1.807) is 11.0 Å². The number of amides is 2. The molecule has 1 saturated carbocycles. The molecule has 0 radical (unpaired) electrons. The zero-order chi connectivity index (χ0) is 30.0. The van der Waals surface area contributed by atoms with Crippen LogP contribution in [0.5, 0.6) is 5.75 Å². The maximum Gasteiger partial charge on any atom is 0.254 e. The van der Waals surface area contributed by atoms with E-state index in [0.29, 0.717) is 48.6 Å². The molecule has 4 aliphatic rings. The van der Waals surface area contributed by atoms with Crippen molar-refractivity contribution in [3.63, 3.8) is 0 Å². The van der Waals surface area contributed by atoms with Crippen LogP contribution in [0.3, 0.4) is 0 Å². The fourth-order valence-corrected chi connectivity index (χ4v) is 7.01. The Morgan fingerprint density at radius 3 is 2.07 bits per heavy atom. The number of rotatable bonds is 6. The molecule has 4 fully saturated rings. The summed E-state index contributed by atoms with van der Waals surface area (Å²) in [6.07, 6.45) is 5.68. The lowest BCUT2D eigenvalue weighted by Gasteiger charge is -2.36. The van der Waals surface area contributed by atoms with E-state index in [4.69, 9.17) is 4.74 Å². The molecule has 0 bridgehead atoms. The van der Waals surface area contributed by atoms with E-state index in [1.165, 1.54) is 12.1 Å². The fourth-order valence-electron chi connectivity index (χ4n) is 7.01. The first-order valence-electron chi connectivity index (χ1n) is 16.1. The number of carbonyl (C=O) groups excluding carboxylic acids is 2. The Morgan fingerprint density at radius 1 is 0.800 bits per heavy atom. The molecule has 3 aliphatic heterocycles. The highest BCUT2D eigenvalue weighted by atomic mass is 35.5. The largest absolute Gasteiger partial charge is 0.489 e. The van der Waals surface area contributed by atoms with Gasteiger partial charge in [-0.25, -0.2) is 4.39 Å². The van der Waals surface area contributed by atoms with Crippen molar-refractivity contribution >= 4 is 42.3 Å². The maximum absolute atomic E-state index is 14.5. The number of benzene rings is 2. The van der Waals surface area contributed by atoms with Crippen LogP contribution in [0.15, 0.2) is 36.4 Å². The first-order chi connectivity index (χ1) is 20.8. The summed E-state index contributed by atoms with van der Waals surface area (Å²) in [7, 11) is 0. The second-order valence-electron chi connectivity index (χ2n) is 13.4. The van der Waals surface area contributed by atoms with Gasteiger partial charge in [0.25, 0.3) is 11.8 Å². The molecule has 2 amide bonds. The van der Waals surface area contributed by atoms with Crippen molar-refractivity contribution in [1.82, 2.24) is 20.4 Å². The number of nitrogens with one attached hydrogen (secondary N) is 2. The van der Waals surface area contributed by atoms with Crippen LogP contribution in [0, 0.1) is 11.2 Å². The van der Waals surface area contributed by atoms with Gasteiger partial charge >= 0.3 is 0 Å². The van der Waals surface area contributed by atoms with E-state index < -0.39 is 5.82 Å². The van der Waals surface area contributed by atoms with Gasteiger partial charge in [0.1, 0.15) is 17.7 Å². The average molecular weight is 665 g/mol. The molecule has 8 nitrogen and oxygen atoms in total. The van der Waals surface area contributed by atoms with Gasteiger partial charge in [-0.05, 0) is 91.9 Å². The van der Waals surface area contributed by atoms with Crippen molar-refractivity contribution in [3.05, 3.63) is 58.9 Å². The van der Waals surface area contributed by atoms with Gasteiger partial charge in [0.15, 0.2) is 0 Å². The Balaban J connectivity index is 0.00000230. The first kappa shape index (κ1) is 35.3. The molecule has 3 heterocycles. The van der Waals surface area contributed by atoms with Crippen molar-refractivity contribution in [2.45, 2.75) is 58.0 Å². The lowest BCUT2D eigenvalue weighted by Crippen LogP contribution is -2.50. The highest BCUT2D eigenvalue weighted by Crippen LogP contribution is 2.45. The Labute approximate surface area is 279 Å². The Bertz CT molecular complexity index is 1310.